The largest absolute Gasteiger partial charge is 0.495 e. The van der Waals surface area contributed by atoms with Crippen molar-refractivity contribution in [3.8, 4) is 5.75 Å². The number of aryl methyl sites for hydroxylation is 1. The zero-order chi connectivity index (χ0) is 21.0. The summed E-state index contributed by atoms with van der Waals surface area (Å²) in [5.41, 5.74) is 2.06. The Bertz CT molecular complexity index is 1150. The highest BCUT2D eigenvalue weighted by Gasteiger charge is 2.16. The van der Waals surface area contributed by atoms with Crippen LogP contribution in [0.25, 0.3) is 0 Å². The number of rotatable bonds is 6. The van der Waals surface area contributed by atoms with Gasteiger partial charge < -0.3 is 10.1 Å². The normalized spacial score (nSPS) is 11.0. The van der Waals surface area contributed by atoms with Gasteiger partial charge in [0.2, 0.25) is 0 Å². The summed E-state index contributed by atoms with van der Waals surface area (Å²) in [6.07, 6.45) is 0. The summed E-state index contributed by atoms with van der Waals surface area (Å²) in [4.78, 5) is 12.7. The fourth-order valence-corrected chi connectivity index (χ4v) is 3.84. The SMILES string of the molecule is COc1ccc(C)cc1NC(=O)c1cccc(NS(=O)(=O)c2ccc(Cl)cc2)c1. The molecule has 3 aromatic rings. The molecule has 0 radical (unpaired) electrons. The molecule has 0 aliphatic carbocycles. The maximum Gasteiger partial charge on any atom is 0.261 e. The van der Waals surface area contributed by atoms with Crippen molar-refractivity contribution in [2.75, 3.05) is 17.1 Å². The molecule has 0 aliphatic rings. The Morgan fingerprint density at radius 1 is 1.00 bits per heavy atom. The maximum absolute atomic E-state index is 12.7. The summed E-state index contributed by atoms with van der Waals surface area (Å²) in [6, 6.07) is 17.5. The number of halogens is 1. The smallest absolute Gasteiger partial charge is 0.261 e. The first kappa shape index (κ1) is 20.7. The van der Waals surface area contributed by atoms with Gasteiger partial charge in [-0.3, -0.25) is 9.52 Å². The number of hydrogen-bond donors (Lipinski definition) is 2. The number of nitrogens with one attached hydrogen (secondary N) is 2. The van der Waals surface area contributed by atoms with E-state index in [-0.39, 0.29) is 16.5 Å². The molecular formula is C21H19ClN2O4S. The Labute approximate surface area is 174 Å². The number of carbonyl (C=O) groups is 1. The second-order valence-corrected chi connectivity index (χ2v) is 8.42. The predicted octanol–water partition coefficient (Wildman–Crippen LogP) is 4.71. The van der Waals surface area contributed by atoms with Crippen molar-refractivity contribution in [1.82, 2.24) is 0 Å². The van der Waals surface area contributed by atoms with Crippen molar-refractivity contribution >= 4 is 38.9 Å². The van der Waals surface area contributed by atoms with E-state index in [0.717, 1.165) is 5.56 Å². The number of carbonyl (C=O) groups excluding carboxylic acids is 1. The second kappa shape index (κ2) is 8.55. The molecule has 3 aromatic carbocycles. The zero-order valence-electron chi connectivity index (χ0n) is 15.8. The van der Waals surface area contributed by atoms with Gasteiger partial charge in [-0.2, -0.15) is 0 Å². The van der Waals surface area contributed by atoms with Crippen molar-refractivity contribution < 1.29 is 17.9 Å². The zero-order valence-corrected chi connectivity index (χ0v) is 17.3. The molecule has 8 heteroatoms. The summed E-state index contributed by atoms with van der Waals surface area (Å²) < 4.78 is 32.8. The van der Waals surface area contributed by atoms with Gasteiger partial charge in [0.25, 0.3) is 15.9 Å². The summed E-state index contributed by atoms with van der Waals surface area (Å²) in [5.74, 6) is 0.144. The molecule has 0 atom stereocenters. The van der Waals surface area contributed by atoms with Crippen molar-refractivity contribution in [3.05, 3.63) is 82.9 Å². The number of benzene rings is 3. The van der Waals surface area contributed by atoms with Crippen LogP contribution in [0.1, 0.15) is 15.9 Å². The summed E-state index contributed by atoms with van der Waals surface area (Å²) in [6.45, 7) is 1.90. The molecule has 0 bridgehead atoms. The molecule has 0 saturated heterocycles. The monoisotopic (exact) mass is 430 g/mol. The van der Waals surface area contributed by atoms with Gasteiger partial charge >= 0.3 is 0 Å². The van der Waals surface area contributed by atoms with Gasteiger partial charge in [-0.25, -0.2) is 8.42 Å². The third-order valence-corrected chi connectivity index (χ3v) is 5.75. The minimum atomic E-state index is -3.81. The summed E-state index contributed by atoms with van der Waals surface area (Å²) >= 11 is 5.81. The first-order valence-electron chi connectivity index (χ1n) is 8.63. The Morgan fingerprint density at radius 3 is 2.41 bits per heavy atom. The fourth-order valence-electron chi connectivity index (χ4n) is 2.67. The molecule has 0 aliphatic heterocycles. The van der Waals surface area contributed by atoms with Crippen LogP contribution in [0.2, 0.25) is 5.02 Å². The number of methoxy groups -OCH3 is 1. The molecular weight excluding hydrogens is 412 g/mol. The molecule has 29 heavy (non-hydrogen) atoms. The summed E-state index contributed by atoms with van der Waals surface area (Å²) in [7, 11) is -2.29. The Morgan fingerprint density at radius 2 is 1.72 bits per heavy atom. The highest BCUT2D eigenvalue weighted by molar-refractivity contribution is 7.92. The molecule has 0 spiro atoms. The van der Waals surface area contributed by atoms with Crippen molar-refractivity contribution in [1.29, 1.82) is 0 Å². The van der Waals surface area contributed by atoms with Gasteiger partial charge in [0.15, 0.2) is 0 Å². The van der Waals surface area contributed by atoms with E-state index >= 15 is 0 Å². The average Bonchev–Trinajstić information content (AvgIpc) is 2.68. The van der Waals surface area contributed by atoms with E-state index in [1.54, 1.807) is 30.3 Å². The molecule has 0 heterocycles. The van der Waals surface area contributed by atoms with Gasteiger partial charge in [-0.15, -0.1) is 0 Å². The molecule has 0 unspecified atom stereocenters. The lowest BCUT2D eigenvalue weighted by atomic mass is 10.1. The van der Waals surface area contributed by atoms with Crippen LogP contribution in [-0.4, -0.2) is 21.4 Å². The van der Waals surface area contributed by atoms with Crippen LogP contribution in [0.4, 0.5) is 11.4 Å². The molecule has 150 valence electrons. The van der Waals surface area contributed by atoms with Gasteiger partial charge in [-0.1, -0.05) is 23.7 Å². The molecule has 2 N–H and O–H groups in total. The van der Waals surface area contributed by atoms with Crippen LogP contribution in [0.3, 0.4) is 0 Å². The molecule has 3 rings (SSSR count). The third-order valence-electron chi connectivity index (χ3n) is 4.10. The number of anilines is 2. The second-order valence-electron chi connectivity index (χ2n) is 6.30. The highest BCUT2D eigenvalue weighted by atomic mass is 35.5. The van der Waals surface area contributed by atoms with Gasteiger partial charge in [-0.05, 0) is 67.1 Å². The predicted molar refractivity (Wildman–Crippen MR) is 114 cm³/mol. The lowest BCUT2D eigenvalue weighted by molar-refractivity contribution is 0.102. The van der Waals surface area contributed by atoms with Crippen LogP contribution in [0.5, 0.6) is 5.75 Å². The van der Waals surface area contributed by atoms with E-state index in [0.29, 0.717) is 22.0 Å². The Hall–Kier alpha value is -3.03. The third kappa shape index (κ3) is 5.07. The van der Waals surface area contributed by atoms with Crippen LogP contribution in [0, 0.1) is 6.92 Å². The Balaban J connectivity index is 1.81. The van der Waals surface area contributed by atoms with Crippen LogP contribution in [0.15, 0.2) is 71.6 Å². The fraction of sp³-hybridized carbons (Fsp3) is 0.0952. The first-order valence-corrected chi connectivity index (χ1v) is 10.5. The van der Waals surface area contributed by atoms with Gasteiger partial charge in [0.05, 0.1) is 17.7 Å². The number of hydrogen-bond acceptors (Lipinski definition) is 4. The van der Waals surface area contributed by atoms with Crippen molar-refractivity contribution in [2.24, 2.45) is 0 Å². The molecule has 0 aromatic heterocycles. The van der Waals surface area contributed by atoms with E-state index in [2.05, 4.69) is 10.0 Å². The lowest BCUT2D eigenvalue weighted by Crippen LogP contribution is -2.15. The Kier molecular flexibility index (Phi) is 6.10. The van der Waals surface area contributed by atoms with Crippen LogP contribution >= 0.6 is 11.6 Å². The summed E-state index contributed by atoms with van der Waals surface area (Å²) in [5, 5.41) is 3.23. The molecule has 6 nitrogen and oxygen atoms in total. The van der Waals surface area contributed by atoms with E-state index in [4.69, 9.17) is 16.3 Å². The standard InChI is InChI=1S/C21H19ClN2O4S/c1-14-6-11-20(28-2)19(12-14)23-21(25)15-4-3-5-17(13-15)24-29(26,27)18-9-7-16(22)8-10-18/h3-13,24H,1-2H3,(H,23,25). The molecule has 1 amide bonds. The minimum Gasteiger partial charge on any atom is -0.495 e. The molecule has 0 saturated carbocycles. The van der Waals surface area contributed by atoms with Crippen LogP contribution in [-0.2, 0) is 10.0 Å². The first-order chi connectivity index (χ1) is 13.8. The van der Waals surface area contributed by atoms with Crippen LogP contribution < -0.4 is 14.8 Å². The lowest BCUT2D eigenvalue weighted by Gasteiger charge is -2.12. The number of ether oxygens (including phenoxy) is 1. The van der Waals surface area contributed by atoms with Crippen molar-refractivity contribution in [3.63, 3.8) is 0 Å². The van der Waals surface area contributed by atoms with Gasteiger partial charge in [0.1, 0.15) is 5.75 Å². The minimum absolute atomic E-state index is 0.0706. The van der Waals surface area contributed by atoms with E-state index in [1.165, 1.54) is 37.4 Å². The quantitative estimate of drug-likeness (QED) is 0.593. The topological polar surface area (TPSA) is 84.5 Å². The van der Waals surface area contributed by atoms with E-state index in [1.807, 2.05) is 13.0 Å². The number of sulfonamides is 1. The van der Waals surface area contributed by atoms with Crippen molar-refractivity contribution in [2.45, 2.75) is 11.8 Å². The number of amides is 1. The van der Waals surface area contributed by atoms with E-state index in [9.17, 15) is 13.2 Å². The average molecular weight is 431 g/mol. The molecule has 0 fully saturated rings. The van der Waals surface area contributed by atoms with Gasteiger partial charge in [0, 0.05) is 16.3 Å². The maximum atomic E-state index is 12.7. The highest BCUT2D eigenvalue weighted by Crippen LogP contribution is 2.26. The van der Waals surface area contributed by atoms with E-state index < -0.39 is 10.0 Å².